The first-order valence-electron chi connectivity index (χ1n) is 5.59. The molecule has 2 aromatic carbocycles. The van der Waals surface area contributed by atoms with Gasteiger partial charge in [-0.05, 0) is 30.3 Å². The molecule has 1 atom stereocenters. The Kier molecular flexibility index (Phi) is 3.92. The zero-order chi connectivity index (χ0) is 13.0. The largest absolute Gasteiger partial charge is 0.457 e. The maximum Gasteiger partial charge on any atom is 0.132 e. The molecule has 0 saturated heterocycles. The van der Waals surface area contributed by atoms with Gasteiger partial charge in [0.25, 0.3) is 0 Å². The van der Waals surface area contributed by atoms with E-state index in [0.717, 1.165) is 0 Å². The minimum atomic E-state index is -0.498. The van der Waals surface area contributed by atoms with E-state index in [0.29, 0.717) is 17.1 Å². The molecule has 2 rings (SSSR count). The molecule has 3 nitrogen and oxygen atoms in total. The van der Waals surface area contributed by atoms with Gasteiger partial charge in [0.1, 0.15) is 17.3 Å². The predicted molar refractivity (Wildman–Crippen MR) is 66.9 cm³/mol. The summed E-state index contributed by atoms with van der Waals surface area (Å²) in [7, 11) is 0. The molecule has 0 spiro atoms. The van der Waals surface area contributed by atoms with Crippen molar-refractivity contribution >= 4 is 0 Å². The van der Waals surface area contributed by atoms with Crippen LogP contribution in [0.5, 0.6) is 11.5 Å². The van der Waals surface area contributed by atoms with Crippen LogP contribution in [-0.4, -0.2) is 11.7 Å². The summed E-state index contributed by atoms with van der Waals surface area (Å²) in [6.07, 6.45) is 0. The van der Waals surface area contributed by atoms with Crippen molar-refractivity contribution < 1.29 is 14.2 Å². The fraction of sp³-hybridized carbons (Fsp3) is 0.143. The lowest BCUT2D eigenvalue weighted by atomic mass is 10.1. The molecule has 94 valence electrons. The van der Waals surface area contributed by atoms with E-state index in [4.69, 9.17) is 15.6 Å². The summed E-state index contributed by atoms with van der Waals surface area (Å²) in [6, 6.07) is 12.4. The van der Waals surface area contributed by atoms with Crippen LogP contribution in [0, 0.1) is 5.82 Å². The zero-order valence-electron chi connectivity index (χ0n) is 9.71. The number of hydrogen-bond acceptors (Lipinski definition) is 3. The van der Waals surface area contributed by atoms with Crippen molar-refractivity contribution in [2.24, 2.45) is 5.73 Å². The third-order valence-corrected chi connectivity index (χ3v) is 2.56. The summed E-state index contributed by atoms with van der Waals surface area (Å²) in [6.45, 7) is -0.163. The molecule has 0 radical (unpaired) electrons. The SMILES string of the molecule is N[C@H](CO)c1ccccc1Oc1ccc(F)cc1. The quantitative estimate of drug-likeness (QED) is 0.873. The van der Waals surface area contributed by atoms with Gasteiger partial charge in [0.2, 0.25) is 0 Å². The van der Waals surface area contributed by atoms with E-state index in [9.17, 15) is 4.39 Å². The number of para-hydroxylation sites is 1. The van der Waals surface area contributed by atoms with E-state index >= 15 is 0 Å². The molecule has 3 N–H and O–H groups in total. The molecule has 0 saturated carbocycles. The minimum absolute atomic E-state index is 0.163. The van der Waals surface area contributed by atoms with Gasteiger partial charge >= 0.3 is 0 Å². The van der Waals surface area contributed by atoms with Crippen molar-refractivity contribution in [2.45, 2.75) is 6.04 Å². The van der Waals surface area contributed by atoms with Gasteiger partial charge in [-0.3, -0.25) is 0 Å². The molecule has 2 aromatic rings. The third kappa shape index (κ3) is 2.85. The van der Waals surface area contributed by atoms with Gasteiger partial charge < -0.3 is 15.6 Å². The summed E-state index contributed by atoms with van der Waals surface area (Å²) < 4.78 is 18.4. The Balaban J connectivity index is 2.26. The lowest BCUT2D eigenvalue weighted by molar-refractivity contribution is 0.265. The molecule has 0 aromatic heterocycles. The Morgan fingerprint density at radius 3 is 2.44 bits per heavy atom. The second kappa shape index (κ2) is 5.62. The van der Waals surface area contributed by atoms with Gasteiger partial charge in [-0.2, -0.15) is 0 Å². The molecule has 0 aliphatic carbocycles. The monoisotopic (exact) mass is 247 g/mol. The standard InChI is InChI=1S/C14H14FNO2/c15-10-5-7-11(8-6-10)18-14-4-2-1-3-12(14)13(16)9-17/h1-8,13,17H,9,16H2/t13-/m1/s1. The van der Waals surface area contributed by atoms with Crippen molar-refractivity contribution in [3.63, 3.8) is 0 Å². The van der Waals surface area contributed by atoms with Crippen LogP contribution in [0.1, 0.15) is 11.6 Å². The maximum absolute atomic E-state index is 12.8. The molecule has 0 unspecified atom stereocenters. The van der Waals surface area contributed by atoms with Crippen LogP contribution in [0.15, 0.2) is 48.5 Å². The van der Waals surface area contributed by atoms with Crippen LogP contribution < -0.4 is 10.5 Å². The number of nitrogens with two attached hydrogens (primary N) is 1. The van der Waals surface area contributed by atoms with Crippen molar-refractivity contribution in [1.82, 2.24) is 0 Å². The summed E-state index contributed by atoms with van der Waals surface area (Å²) in [5, 5.41) is 9.08. The molecular formula is C14H14FNO2. The van der Waals surface area contributed by atoms with Gasteiger partial charge in [0, 0.05) is 5.56 Å². The lowest BCUT2D eigenvalue weighted by Gasteiger charge is -2.14. The average molecular weight is 247 g/mol. The average Bonchev–Trinajstić information content (AvgIpc) is 2.41. The molecule has 18 heavy (non-hydrogen) atoms. The summed E-state index contributed by atoms with van der Waals surface area (Å²) in [5.74, 6) is 0.766. The van der Waals surface area contributed by atoms with E-state index in [2.05, 4.69) is 0 Å². The van der Waals surface area contributed by atoms with Crippen LogP contribution in [0.25, 0.3) is 0 Å². The Morgan fingerprint density at radius 2 is 1.78 bits per heavy atom. The lowest BCUT2D eigenvalue weighted by Crippen LogP contribution is -2.15. The Morgan fingerprint density at radius 1 is 1.11 bits per heavy atom. The van der Waals surface area contributed by atoms with Gasteiger partial charge in [-0.1, -0.05) is 18.2 Å². The predicted octanol–water partition coefficient (Wildman–Crippen LogP) is 2.61. The van der Waals surface area contributed by atoms with E-state index in [-0.39, 0.29) is 12.4 Å². The van der Waals surface area contributed by atoms with E-state index in [1.54, 1.807) is 12.1 Å². The van der Waals surface area contributed by atoms with E-state index < -0.39 is 6.04 Å². The Bertz CT molecular complexity index is 513. The van der Waals surface area contributed by atoms with Crippen LogP contribution in [0.3, 0.4) is 0 Å². The van der Waals surface area contributed by atoms with Gasteiger partial charge in [-0.25, -0.2) is 4.39 Å². The molecule has 0 fully saturated rings. The number of hydrogen-bond donors (Lipinski definition) is 2. The molecule has 0 aliphatic heterocycles. The van der Waals surface area contributed by atoms with Crippen molar-refractivity contribution in [3.05, 3.63) is 59.9 Å². The number of ether oxygens (including phenoxy) is 1. The fourth-order valence-corrected chi connectivity index (χ4v) is 1.61. The number of halogens is 1. The van der Waals surface area contributed by atoms with E-state index in [1.807, 2.05) is 12.1 Å². The van der Waals surface area contributed by atoms with Gasteiger partial charge in [-0.15, -0.1) is 0 Å². The second-order valence-electron chi connectivity index (χ2n) is 3.88. The maximum atomic E-state index is 12.8. The second-order valence-corrected chi connectivity index (χ2v) is 3.88. The van der Waals surface area contributed by atoms with Gasteiger partial charge in [0.05, 0.1) is 12.6 Å². The smallest absolute Gasteiger partial charge is 0.132 e. The normalized spacial score (nSPS) is 12.2. The van der Waals surface area contributed by atoms with Crippen LogP contribution in [0.4, 0.5) is 4.39 Å². The molecule has 0 bridgehead atoms. The first-order valence-corrected chi connectivity index (χ1v) is 5.59. The Labute approximate surface area is 105 Å². The summed E-state index contributed by atoms with van der Waals surface area (Å²) in [5.41, 5.74) is 6.50. The molecular weight excluding hydrogens is 233 g/mol. The highest BCUT2D eigenvalue weighted by Crippen LogP contribution is 2.28. The van der Waals surface area contributed by atoms with Gasteiger partial charge in [0.15, 0.2) is 0 Å². The van der Waals surface area contributed by atoms with Crippen LogP contribution >= 0.6 is 0 Å². The molecule has 0 aliphatic rings. The zero-order valence-corrected chi connectivity index (χ0v) is 9.71. The number of aliphatic hydroxyl groups is 1. The highest BCUT2D eigenvalue weighted by molar-refractivity contribution is 5.39. The number of rotatable bonds is 4. The topological polar surface area (TPSA) is 55.5 Å². The highest BCUT2D eigenvalue weighted by atomic mass is 19.1. The van der Waals surface area contributed by atoms with Crippen molar-refractivity contribution in [3.8, 4) is 11.5 Å². The third-order valence-electron chi connectivity index (χ3n) is 2.56. The first-order chi connectivity index (χ1) is 8.70. The first kappa shape index (κ1) is 12.5. The summed E-state index contributed by atoms with van der Waals surface area (Å²) >= 11 is 0. The fourth-order valence-electron chi connectivity index (χ4n) is 1.61. The van der Waals surface area contributed by atoms with Crippen molar-refractivity contribution in [2.75, 3.05) is 6.61 Å². The summed E-state index contributed by atoms with van der Waals surface area (Å²) in [4.78, 5) is 0. The molecule has 0 heterocycles. The number of benzene rings is 2. The molecule has 4 heteroatoms. The minimum Gasteiger partial charge on any atom is -0.457 e. The Hall–Kier alpha value is -1.91. The van der Waals surface area contributed by atoms with Crippen LogP contribution in [-0.2, 0) is 0 Å². The van der Waals surface area contributed by atoms with Crippen molar-refractivity contribution in [1.29, 1.82) is 0 Å². The molecule has 0 amide bonds. The highest BCUT2D eigenvalue weighted by Gasteiger charge is 2.11. The van der Waals surface area contributed by atoms with E-state index in [1.165, 1.54) is 24.3 Å². The van der Waals surface area contributed by atoms with Crippen LogP contribution in [0.2, 0.25) is 0 Å². The number of aliphatic hydroxyl groups excluding tert-OH is 1.